The number of hydrogen-bond donors (Lipinski definition) is 3. The van der Waals surface area contributed by atoms with Gasteiger partial charge in [-0.05, 0) is 63.4 Å². The molecule has 1 aromatic heterocycles. The Balaban J connectivity index is 1.67. The van der Waals surface area contributed by atoms with Gasteiger partial charge in [0.05, 0.1) is 4.47 Å². The van der Waals surface area contributed by atoms with Crippen molar-refractivity contribution in [1.82, 2.24) is 10.3 Å². The summed E-state index contributed by atoms with van der Waals surface area (Å²) >= 11 is 3.07. The zero-order chi connectivity index (χ0) is 20.8. The van der Waals surface area contributed by atoms with E-state index in [9.17, 15) is 14.4 Å². The third-order valence-electron chi connectivity index (χ3n) is 3.98. The summed E-state index contributed by atoms with van der Waals surface area (Å²) in [5, 5.41) is 25.1. The molecule has 3 rings (SSSR count). The molecule has 10 heteroatoms. The number of aromatic nitrogens is 2. The van der Waals surface area contributed by atoms with Crippen LogP contribution in [0.3, 0.4) is 0 Å². The van der Waals surface area contributed by atoms with Crippen LogP contribution in [-0.2, 0) is 11.2 Å². The Bertz CT molecular complexity index is 1050. The normalized spacial score (nSPS) is 11.3. The minimum atomic E-state index is -0.442. The van der Waals surface area contributed by atoms with Gasteiger partial charge in [-0.1, -0.05) is 35.0 Å². The highest BCUT2D eigenvalue weighted by Crippen LogP contribution is 2.21. The quantitative estimate of drug-likeness (QED) is 0.220. The number of benzene rings is 2. The SMILES string of the molecule is Cc1cccc(CCC(=O)Nc2nonc2/C(=N\O)Nc2ccc(F)c(Br)c2)c1. The molecular weight excluding hydrogens is 445 g/mol. The van der Waals surface area contributed by atoms with Gasteiger partial charge in [-0.3, -0.25) is 4.79 Å². The first-order chi connectivity index (χ1) is 14.0. The van der Waals surface area contributed by atoms with Gasteiger partial charge in [0.15, 0.2) is 5.69 Å². The molecule has 3 aromatic rings. The summed E-state index contributed by atoms with van der Waals surface area (Å²) in [4.78, 5) is 12.3. The zero-order valence-corrected chi connectivity index (χ0v) is 16.9. The van der Waals surface area contributed by atoms with Gasteiger partial charge in [-0.15, -0.1) is 0 Å². The van der Waals surface area contributed by atoms with Crippen LogP contribution in [0.4, 0.5) is 15.9 Å². The van der Waals surface area contributed by atoms with E-state index in [1.807, 2.05) is 31.2 Å². The first-order valence-electron chi connectivity index (χ1n) is 8.58. The van der Waals surface area contributed by atoms with E-state index in [1.54, 1.807) is 0 Å². The molecule has 0 saturated heterocycles. The maximum absolute atomic E-state index is 13.4. The number of hydrogen-bond acceptors (Lipinski definition) is 6. The highest BCUT2D eigenvalue weighted by molar-refractivity contribution is 9.10. The van der Waals surface area contributed by atoms with Crippen molar-refractivity contribution in [3.8, 4) is 0 Å². The van der Waals surface area contributed by atoms with Gasteiger partial charge in [0.1, 0.15) is 5.82 Å². The Morgan fingerprint density at radius 2 is 2.07 bits per heavy atom. The molecular formula is C19H17BrFN5O3. The molecule has 2 aromatic carbocycles. The van der Waals surface area contributed by atoms with Gasteiger partial charge in [-0.25, -0.2) is 9.02 Å². The number of amidine groups is 1. The number of rotatable bonds is 6. The van der Waals surface area contributed by atoms with Gasteiger partial charge >= 0.3 is 0 Å². The van der Waals surface area contributed by atoms with Crippen molar-refractivity contribution in [2.75, 3.05) is 10.6 Å². The summed E-state index contributed by atoms with van der Waals surface area (Å²) in [6.07, 6.45) is 0.774. The Labute approximate surface area is 173 Å². The Morgan fingerprint density at radius 3 is 2.79 bits per heavy atom. The number of anilines is 2. The molecule has 29 heavy (non-hydrogen) atoms. The summed E-state index contributed by atoms with van der Waals surface area (Å²) in [5.74, 6) is -0.868. The highest BCUT2D eigenvalue weighted by Gasteiger charge is 2.20. The third kappa shape index (κ3) is 5.38. The fourth-order valence-corrected chi connectivity index (χ4v) is 2.97. The van der Waals surface area contributed by atoms with Crippen LogP contribution in [0.15, 0.2) is 56.7 Å². The van der Waals surface area contributed by atoms with E-state index in [0.717, 1.165) is 11.1 Å². The summed E-state index contributed by atoms with van der Waals surface area (Å²) in [6, 6.07) is 12.0. The van der Waals surface area contributed by atoms with Crippen molar-refractivity contribution >= 4 is 39.2 Å². The summed E-state index contributed by atoms with van der Waals surface area (Å²) < 4.78 is 18.3. The molecule has 0 unspecified atom stereocenters. The summed E-state index contributed by atoms with van der Waals surface area (Å²) in [7, 11) is 0. The number of amides is 1. The molecule has 0 radical (unpaired) electrons. The molecule has 0 aliphatic heterocycles. The summed E-state index contributed by atoms with van der Waals surface area (Å²) in [5.41, 5.74) is 2.58. The molecule has 0 atom stereocenters. The smallest absolute Gasteiger partial charge is 0.226 e. The van der Waals surface area contributed by atoms with Crippen molar-refractivity contribution < 1.29 is 19.0 Å². The first-order valence-corrected chi connectivity index (χ1v) is 9.38. The standard InChI is InChI=1S/C19H17BrFN5O3/c1-11-3-2-4-12(9-11)5-8-16(27)23-19-17(25-29-26-19)18(24-28)22-13-6-7-15(21)14(20)10-13/h2-4,6-7,9-10,28H,5,8H2,1H3,(H,22,24)(H,23,26,27). The highest BCUT2D eigenvalue weighted by atomic mass is 79.9. The second-order valence-corrected chi connectivity index (χ2v) is 7.06. The van der Waals surface area contributed by atoms with E-state index in [4.69, 9.17) is 0 Å². The Morgan fingerprint density at radius 1 is 1.24 bits per heavy atom. The van der Waals surface area contributed by atoms with E-state index in [1.165, 1.54) is 18.2 Å². The molecule has 8 nitrogen and oxygen atoms in total. The Kier molecular flexibility index (Phi) is 6.55. The number of carbonyl (C=O) groups is 1. The number of aryl methyl sites for hydroxylation is 2. The van der Waals surface area contributed by atoms with Gasteiger partial charge in [0.25, 0.3) is 0 Å². The zero-order valence-electron chi connectivity index (χ0n) is 15.3. The predicted molar refractivity (Wildman–Crippen MR) is 108 cm³/mol. The monoisotopic (exact) mass is 461 g/mol. The molecule has 1 amide bonds. The summed E-state index contributed by atoms with van der Waals surface area (Å²) in [6.45, 7) is 1.99. The lowest BCUT2D eigenvalue weighted by Gasteiger charge is -2.08. The van der Waals surface area contributed by atoms with Crippen LogP contribution in [0.1, 0.15) is 23.2 Å². The Hall–Kier alpha value is -3.27. The lowest BCUT2D eigenvalue weighted by Crippen LogP contribution is -2.19. The molecule has 0 bridgehead atoms. The molecule has 150 valence electrons. The van der Waals surface area contributed by atoms with E-state index in [0.29, 0.717) is 12.1 Å². The number of nitrogens with one attached hydrogen (secondary N) is 2. The lowest BCUT2D eigenvalue weighted by molar-refractivity contribution is -0.116. The maximum Gasteiger partial charge on any atom is 0.226 e. The molecule has 0 spiro atoms. The molecule has 1 heterocycles. The van der Waals surface area contributed by atoms with Crippen molar-refractivity contribution in [3.63, 3.8) is 0 Å². The topological polar surface area (TPSA) is 113 Å². The van der Waals surface area contributed by atoms with Crippen molar-refractivity contribution in [2.24, 2.45) is 5.16 Å². The third-order valence-corrected chi connectivity index (χ3v) is 4.58. The van der Waals surface area contributed by atoms with Crippen LogP contribution in [-0.4, -0.2) is 27.3 Å². The number of halogens is 2. The van der Waals surface area contributed by atoms with Gasteiger partial charge in [0.2, 0.25) is 17.6 Å². The average Bonchev–Trinajstić information content (AvgIpc) is 3.15. The minimum Gasteiger partial charge on any atom is -0.409 e. The second kappa shape index (κ2) is 9.28. The molecule has 3 N–H and O–H groups in total. The van der Waals surface area contributed by atoms with Crippen LogP contribution in [0.25, 0.3) is 0 Å². The lowest BCUT2D eigenvalue weighted by atomic mass is 10.1. The van der Waals surface area contributed by atoms with Crippen molar-refractivity contribution in [2.45, 2.75) is 19.8 Å². The number of oxime groups is 1. The van der Waals surface area contributed by atoms with Gasteiger partial charge < -0.3 is 15.8 Å². The van der Waals surface area contributed by atoms with Crippen LogP contribution in [0.2, 0.25) is 0 Å². The molecule has 0 aliphatic carbocycles. The predicted octanol–water partition coefficient (Wildman–Crippen LogP) is 4.10. The van der Waals surface area contributed by atoms with E-state index >= 15 is 0 Å². The van der Waals surface area contributed by atoms with E-state index in [-0.39, 0.29) is 34.1 Å². The van der Waals surface area contributed by atoms with Gasteiger partial charge in [0, 0.05) is 12.1 Å². The largest absolute Gasteiger partial charge is 0.409 e. The molecule has 0 aliphatic rings. The van der Waals surface area contributed by atoms with Crippen LogP contribution in [0.5, 0.6) is 0 Å². The van der Waals surface area contributed by atoms with Gasteiger partial charge in [-0.2, -0.15) is 0 Å². The number of carbonyl (C=O) groups excluding carboxylic acids is 1. The molecule has 0 saturated carbocycles. The average molecular weight is 462 g/mol. The number of nitrogens with zero attached hydrogens (tertiary/aromatic N) is 3. The van der Waals surface area contributed by atoms with E-state index in [2.05, 4.69) is 46.7 Å². The van der Waals surface area contributed by atoms with E-state index < -0.39 is 5.82 Å². The van der Waals surface area contributed by atoms with Crippen LogP contribution < -0.4 is 10.6 Å². The fraction of sp³-hybridized carbons (Fsp3) is 0.158. The maximum atomic E-state index is 13.4. The molecule has 0 fully saturated rings. The first kappa shape index (κ1) is 20.5. The second-order valence-electron chi connectivity index (χ2n) is 6.20. The van der Waals surface area contributed by atoms with Crippen molar-refractivity contribution in [3.05, 3.63) is 69.6 Å². The van der Waals surface area contributed by atoms with Crippen molar-refractivity contribution in [1.29, 1.82) is 0 Å². The van der Waals surface area contributed by atoms with Crippen LogP contribution in [0, 0.1) is 12.7 Å². The fourth-order valence-electron chi connectivity index (χ4n) is 2.59. The van der Waals surface area contributed by atoms with Crippen LogP contribution >= 0.6 is 15.9 Å². The minimum absolute atomic E-state index is 0.000666.